The van der Waals surface area contributed by atoms with Crippen LogP contribution in [0.25, 0.3) is 0 Å². The van der Waals surface area contributed by atoms with Gasteiger partial charge in [-0.05, 0) is 45.0 Å². The van der Waals surface area contributed by atoms with Crippen LogP contribution in [0.2, 0.25) is 0 Å². The Bertz CT molecular complexity index is 622. The van der Waals surface area contributed by atoms with Gasteiger partial charge in [0, 0.05) is 19.3 Å². The maximum atomic E-state index is 11.6. The number of esters is 1. The van der Waals surface area contributed by atoms with Crippen molar-refractivity contribution in [1.82, 2.24) is 9.97 Å². The van der Waals surface area contributed by atoms with Crippen LogP contribution in [0.1, 0.15) is 31.1 Å². The predicted octanol–water partition coefficient (Wildman–Crippen LogP) is 3.24. The van der Waals surface area contributed by atoms with Gasteiger partial charge in [0.2, 0.25) is 0 Å². The third-order valence-electron chi connectivity index (χ3n) is 3.38. The number of carbonyl (C=O) groups excluding carboxylic acids is 1. The fraction of sp³-hybridized carbons (Fsp3) is 0.353. The van der Waals surface area contributed by atoms with Crippen molar-refractivity contribution in [2.24, 2.45) is 0 Å². The average molecular weight is 314 g/mol. The zero-order valence-electron chi connectivity index (χ0n) is 13.7. The highest BCUT2D eigenvalue weighted by atomic mass is 16.5. The summed E-state index contributed by atoms with van der Waals surface area (Å²) < 4.78 is 4.93. The van der Waals surface area contributed by atoms with E-state index in [-0.39, 0.29) is 5.97 Å². The average Bonchev–Trinajstić information content (AvgIpc) is 2.58. The van der Waals surface area contributed by atoms with E-state index in [2.05, 4.69) is 34.0 Å². The first-order valence-corrected chi connectivity index (χ1v) is 7.79. The van der Waals surface area contributed by atoms with Gasteiger partial charge in [0.05, 0.1) is 24.1 Å². The molecule has 23 heavy (non-hydrogen) atoms. The minimum absolute atomic E-state index is 0.351. The summed E-state index contributed by atoms with van der Waals surface area (Å²) in [7, 11) is 0. The van der Waals surface area contributed by atoms with Crippen LogP contribution in [0.3, 0.4) is 0 Å². The standard InChI is InChI=1S/C17H22N4O2/c1-4-21(5-2)16-10-8-14(12-19-16)20-15-9-7-13(11-18-15)17(22)23-6-3/h7-12H,4-6H2,1-3H3,(H,18,20). The molecule has 0 amide bonds. The summed E-state index contributed by atoms with van der Waals surface area (Å²) in [4.78, 5) is 22.4. The molecule has 122 valence electrons. The smallest absolute Gasteiger partial charge is 0.339 e. The number of aromatic nitrogens is 2. The van der Waals surface area contributed by atoms with Gasteiger partial charge in [-0.2, -0.15) is 0 Å². The second-order valence-corrected chi connectivity index (χ2v) is 4.85. The lowest BCUT2D eigenvalue weighted by Crippen LogP contribution is -2.22. The summed E-state index contributed by atoms with van der Waals surface area (Å²) in [6.45, 7) is 8.18. The number of nitrogens with one attached hydrogen (secondary N) is 1. The fourth-order valence-electron chi connectivity index (χ4n) is 2.15. The Morgan fingerprint density at radius 3 is 2.39 bits per heavy atom. The highest BCUT2D eigenvalue weighted by molar-refractivity contribution is 5.89. The number of pyridine rings is 2. The second-order valence-electron chi connectivity index (χ2n) is 4.85. The van der Waals surface area contributed by atoms with E-state index in [0.29, 0.717) is 18.0 Å². The normalized spacial score (nSPS) is 10.2. The van der Waals surface area contributed by atoms with Crippen molar-refractivity contribution >= 4 is 23.3 Å². The molecule has 0 aromatic carbocycles. The van der Waals surface area contributed by atoms with E-state index in [1.165, 1.54) is 6.20 Å². The number of anilines is 3. The molecule has 2 heterocycles. The molecule has 6 nitrogen and oxygen atoms in total. The molecular weight excluding hydrogens is 292 g/mol. The predicted molar refractivity (Wildman–Crippen MR) is 91.3 cm³/mol. The quantitative estimate of drug-likeness (QED) is 0.791. The number of rotatable bonds is 7. The number of ether oxygens (including phenoxy) is 1. The number of hydrogen-bond donors (Lipinski definition) is 1. The van der Waals surface area contributed by atoms with Crippen LogP contribution in [0.15, 0.2) is 36.7 Å². The molecule has 0 aliphatic carbocycles. The van der Waals surface area contributed by atoms with Crippen molar-refractivity contribution < 1.29 is 9.53 Å². The van der Waals surface area contributed by atoms with Gasteiger partial charge in [-0.25, -0.2) is 14.8 Å². The van der Waals surface area contributed by atoms with Crippen LogP contribution < -0.4 is 10.2 Å². The molecule has 6 heteroatoms. The Morgan fingerprint density at radius 1 is 1.09 bits per heavy atom. The molecule has 0 spiro atoms. The van der Waals surface area contributed by atoms with Gasteiger partial charge in [-0.1, -0.05) is 0 Å². The third-order valence-corrected chi connectivity index (χ3v) is 3.38. The second kappa shape index (κ2) is 8.12. The van der Waals surface area contributed by atoms with Crippen LogP contribution in [-0.2, 0) is 4.74 Å². The zero-order chi connectivity index (χ0) is 16.7. The number of nitrogens with zero attached hydrogens (tertiary/aromatic N) is 3. The molecule has 0 fully saturated rings. The molecule has 2 aromatic rings. The van der Waals surface area contributed by atoms with Crippen molar-refractivity contribution in [2.75, 3.05) is 29.9 Å². The molecule has 0 aliphatic heterocycles. The van der Waals surface area contributed by atoms with Gasteiger partial charge >= 0.3 is 5.97 Å². The van der Waals surface area contributed by atoms with Gasteiger partial charge in [-0.3, -0.25) is 0 Å². The van der Waals surface area contributed by atoms with Gasteiger partial charge in [-0.15, -0.1) is 0 Å². The van der Waals surface area contributed by atoms with Gasteiger partial charge in [0.1, 0.15) is 11.6 Å². The maximum absolute atomic E-state index is 11.6. The molecule has 0 radical (unpaired) electrons. The highest BCUT2D eigenvalue weighted by Crippen LogP contribution is 2.17. The van der Waals surface area contributed by atoms with Crippen molar-refractivity contribution in [3.63, 3.8) is 0 Å². The molecular formula is C17H22N4O2. The SMILES string of the molecule is CCOC(=O)c1ccc(Nc2ccc(N(CC)CC)nc2)nc1. The summed E-state index contributed by atoms with van der Waals surface area (Å²) >= 11 is 0. The topological polar surface area (TPSA) is 67.3 Å². The van der Waals surface area contributed by atoms with E-state index in [9.17, 15) is 4.79 Å². The van der Waals surface area contributed by atoms with Crippen LogP contribution in [0, 0.1) is 0 Å². The molecule has 1 N–H and O–H groups in total. The maximum Gasteiger partial charge on any atom is 0.339 e. The Morgan fingerprint density at radius 2 is 1.87 bits per heavy atom. The monoisotopic (exact) mass is 314 g/mol. The highest BCUT2D eigenvalue weighted by Gasteiger charge is 2.07. The van der Waals surface area contributed by atoms with Gasteiger partial charge in [0.25, 0.3) is 0 Å². The summed E-state index contributed by atoms with van der Waals surface area (Å²) in [6, 6.07) is 7.36. The summed E-state index contributed by atoms with van der Waals surface area (Å²) in [5.41, 5.74) is 1.28. The lowest BCUT2D eigenvalue weighted by Gasteiger charge is -2.19. The molecule has 0 aliphatic rings. The van der Waals surface area contributed by atoms with E-state index in [1.54, 1.807) is 25.3 Å². The number of carbonyl (C=O) groups is 1. The lowest BCUT2D eigenvalue weighted by molar-refractivity contribution is 0.0526. The van der Waals surface area contributed by atoms with E-state index in [0.717, 1.165) is 24.6 Å². The Kier molecular flexibility index (Phi) is 5.91. The lowest BCUT2D eigenvalue weighted by atomic mass is 10.3. The largest absolute Gasteiger partial charge is 0.462 e. The molecule has 0 bridgehead atoms. The minimum atomic E-state index is -0.364. The van der Waals surface area contributed by atoms with Crippen molar-refractivity contribution in [3.05, 3.63) is 42.2 Å². The van der Waals surface area contributed by atoms with Gasteiger partial charge < -0.3 is 15.0 Å². The van der Waals surface area contributed by atoms with Crippen molar-refractivity contribution in [1.29, 1.82) is 0 Å². The first-order valence-electron chi connectivity index (χ1n) is 7.79. The summed E-state index contributed by atoms with van der Waals surface area (Å²) in [5.74, 6) is 1.23. The van der Waals surface area contributed by atoms with E-state index < -0.39 is 0 Å². The van der Waals surface area contributed by atoms with Crippen LogP contribution in [0.4, 0.5) is 17.3 Å². The molecule has 0 saturated carbocycles. The first-order chi connectivity index (χ1) is 11.2. The zero-order valence-corrected chi connectivity index (χ0v) is 13.7. The van der Waals surface area contributed by atoms with E-state index in [4.69, 9.17) is 4.74 Å². The van der Waals surface area contributed by atoms with Crippen LogP contribution in [-0.4, -0.2) is 35.6 Å². The van der Waals surface area contributed by atoms with Gasteiger partial charge in [0.15, 0.2) is 0 Å². The first kappa shape index (κ1) is 16.7. The van der Waals surface area contributed by atoms with Crippen molar-refractivity contribution in [2.45, 2.75) is 20.8 Å². The summed E-state index contributed by atoms with van der Waals surface area (Å²) in [6.07, 6.45) is 3.27. The van der Waals surface area contributed by atoms with Crippen LogP contribution >= 0.6 is 0 Å². The molecule has 2 rings (SSSR count). The van der Waals surface area contributed by atoms with E-state index in [1.807, 2.05) is 12.1 Å². The number of hydrogen-bond acceptors (Lipinski definition) is 6. The molecule has 2 aromatic heterocycles. The van der Waals surface area contributed by atoms with Crippen LogP contribution in [0.5, 0.6) is 0 Å². The Balaban J connectivity index is 2.03. The summed E-state index contributed by atoms with van der Waals surface area (Å²) in [5, 5.41) is 3.16. The third kappa shape index (κ3) is 4.42. The van der Waals surface area contributed by atoms with E-state index >= 15 is 0 Å². The Labute approximate surface area is 136 Å². The molecule has 0 unspecified atom stereocenters. The minimum Gasteiger partial charge on any atom is -0.462 e. The molecule has 0 atom stereocenters. The fourth-order valence-corrected chi connectivity index (χ4v) is 2.15. The Hall–Kier alpha value is -2.63. The molecule has 0 saturated heterocycles. The van der Waals surface area contributed by atoms with Crippen molar-refractivity contribution in [3.8, 4) is 0 Å².